The molecular weight excluding hydrogens is 156 g/mol. The normalized spacial score (nSPS) is 56.5. The molecule has 2 aliphatic rings. The van der Waals surface area contributed by atoms with Gasteiger partial charge < -0.3 is 0 Å². The van der Waals surface area contributed by atoms with Crippen LogP contribution in [0.3, 0.4) is 0 Å². The Bertz CT molecular complexity index is 166. The van der Waals surface area contributed by atoms with Crippen LogP contribution in [0.2, 0.25) is 0 Å². The monoisotopic (exact) mass is 172 g/mol. The van der Waals surface area contributed by atoms with E-state index in [0.29, 0.717) is 0 Å². The van der Waals surface area contributed by atoms with Crippen LogP contribution < -0.4 is 0 Å². The molecule has 0 amide bonds. The van der Waals surface area contributed by atoms with Gasteiger partial charge in [-0.1, -0.05) is 13.8 Å². The molecule has 0 aliphatic heterocycles. The third-order valence-electron chi connectivity index (χ3n) is 3.80. The van der Waals surface area contributed by atoms with Crippen LogP contribution in [-0.4, -0.2) is 4.87 Å². The second-order valence-corrected chi connectivity index (χ2v) is 5.42. The topological polar surface area (TPSA) is 0 Å². The SMILES string of the molecule is CC1CCC2(Cl)CC2CC1C. The van der Waals surface area contributed by atoms with Gasteiger partial charge >= 0.3 is 0 Å². The fourth-order valence-corrected chi connectivity index (χ4v) is 2.77. The molecule has 0 aromatic carbocycles. The molecule has 11 heavy (non-hydrogen) atoms. The number of halogens is 1. The molecule has 2 saturated carbocycles. The number of hydrogen-bond acceptors (Lipinski definition) is 0. The molecule has 2 rings (SSSR count). The zero-order valence-electron chi connectivity index (χ0n) is 7.44. The summed E-state index contributed by atoms with van der Waals surface area (Å²) in [7, 11) is 0. The molecule has 0 nitrogen and oxygen atoms in total. The Kier molecular flexibility index (Phi) is 1.72. The van der Waals surface area contributed by atoms with Gasteiger partial charge in [0.1, 0.15) is 0 Å². The highest BCUT2D eigenvalue weighted by molar-refractivity contribution is 6.26. The van der Waals surface area contributed by atoms with Gasteiger partial charge in [0, 0.05) is 4.87 Å². The minimum absolute atomic E-state index is 0.263. The van der Waals surface area contributed by atoms with E-state index in [4.69, 9.17) is 11.6 Å². The maximum Gasteiger partial charge on any atom is 0.0479 e. The standard InChI is InChI=1S/C10H17Cl/c1-7-3-4-10(11)6-9(10)5-8(7)2/h7-9H,3-6H2,1-2H3. The Hall–Kier alpha value is 0.290. The van der Waals surface area contributed by atoms with Crippen LogP contribution in [0.15, 0.2) is 0 Å². The highest BCUT2D eigenvalue weighted by Gasteiger charge is 2.54. The first-order valence-electron chi connectivity index (χ1n) is 4.81. The van der Waals surface area contributed by atoms with E-state index >= 15 is 0 Å². The van der Waals surface area contributed by atoms with Crippen molar-refractivity contribution in [3.63, 3.8) is 0 Å². The van der Waals surface area contributed by atoms with Gasteiger partial charge in [-0.3, -0.25) is 0 Å². The maximum absolute atomic E-state index is 6.38. The second-order valence-electron chi connectivity index (χ2n) is 4.66. The third-order valence-corrected chi connectivity index (χ3v) is 4.45. The molecule has 0 radical (unpaired) electrons. The predicted octanol–water partition coefficient (Wildman–Crippen LogP) is 3.44. The molecule has 0 aromatic heterocycles. The lowest BCUT2D eigenvalue weighted by molar-refractivity contribution is 0.348. The summed E-state index contributed by atoms with van der Waals surface area (Å²) >= 11 is 6.38. The van der Waals surface area contributed by atoms with E-state index in [9.17, 15) is 0 Å². The Balaban J connectivity index is 2.03. The van der Waals surface area contributed by atoms with Gasteiger partial charge in [0.2, 0.25) is 0 Å². The second kappa shape index (κ2) is 2.39. The number of rotatable bonds is 0. The molecule has 2 fully saturated rings. The molecule has 0 aromatic rings. The van der Waals surface area contributed by atoms with E-state index in [-0.39, 0.29) is 4.87 Å². The summed E-state index contributed by atoms with van der Waals surface area (Å²) in [5, 5.41) is 0. The number of fused-ring (bicyclic) bond motifs is 1. The van der Waals surface area contributed by atoms with Crippen LogP contribution in [0.5, 0.6) is 0 Å². The van der Waals surface area contributed by atoms with Crippen molar-refractivity contribution in [2.45, 2.75) is 44.4 Å². The highest BCUT2D eigenvalue weighted by atomic mass is 35.5. The zero-order chi connectivity index (χ0) is 8.06. The summed E-state index contributed by atoms with van der Waals surface area (Å²) in [6.07, 6.45) is 5.29. The molecule has 0 N–H and O–H groups in total. The van der Waals surface area contributed by atoms with Gasteiger partial charge in [-0.15, -0.1) is 11.6 Å². The molecule has 4 unspecified atom stereocenters. The minimum Gasteiger partial charge on any atom is -0.119 e. The molecular formula is C10H17Cl. The van der Waals surface area contributed by atoms with Gasteiger partial charge in [0.25, 0.3) is 0 Å². The summed E-state index contributed by atoms with van der Waals surface area (Å²) in [5.41, 5.74) is 0. The van der Waals surface area contributed by atoms with Crippen molar-refractivity contribution in [1.82, 2.24) is 0 Å². The Labute approximate surface area is 74.3 Å². The minimum atomic E-state index is 0.263. The van der Waals surface area contributed by atoms with Gasteiger partial charge in [0.15, 0.2) is 0 Å². The fraction of sp³-hybridized carbons (Fsp3) is 1.00. The molecule has 2 aliphatic carbocycles. The maximum atomic E-state index is 6.38. The van der Waals surface area contributed by atoms with Crippen LogP contribution in [0, 0.1) is 17.8 Å². The summed E-state index contributed by atoms with van der Waals surface area (Å²) in [4.78, 5) is 0.263. The number of hydrogen-bond donors (Lipinski definition) is 0. The fourth-order valence-electron chi connectivity index (χ4n) is 2.38. The Morgan fingerprint density at radius 1 is 1.27 bits per heavy atom. The van der Waals surface area contributed by atoms with E-state index in [2.05, 4.69) is 13.8 Å². The average Bonchev–Trinajstić information content (AvgIpc) is 2.57. The molecule has 0 bridgehead atoms. The van der Waals surface area contributed by atoms with Gasteiger partial charge in [-0.2, -0.15) is 0 Å². The number of alkyl halides is 1. The summed E-state index contributed by atoms with van der Waals surface area (Å²) in [6, 6.07) is 0. The summed E-state index contributed by atoms with van der Waals surface area (Å²) in [5.74, 6) is 2.67. The molecule has 1 heteroatoms. The Morgan fingerprint density at radius 2 is 2.00 bits per heavy atom. The predicted molar refractivity (Wildman–Crippen MR) is 48.9 cm³/mol. The van der Waals surface area contributed by atoms with Crippen LogP contribution >= 0.6 is 11.6 Å². The molecule has 0 spiro atoms. The van der Waals surface area contributed by atoms with E-state index in [1.165, 1.54) is 25.7 Å². The first-order valence-corrected chi connectivity index (χ1v) is 5.18. The van der Waals surface area contributed by atoms with Crippen molar-refractivity contribution in [3.05, 3.63) is 0 Å². The quantitative estimate of drug-likeness (QED) is 0.491. The van der Waals surface area contributed by atoms with E-state index in [1.54, 1.807) is 0 Å². The van der Waals surface area contributed by atoms with Crippen molar-refractivity contribution in [3.8, 4) is 0 Å². The van der Waals surface area contributed by atoms with Gasteiger partial charge in [0.05, 0.1) is 0 Å². The van der Waals surface area contributed by atoms with Crippen LogP contribution in [-0.2, 0) is 0 Å². The lowest BCUT2D eigenvalue weighted by atomic mass is 9.90. The van der Waals surface area contributed by atoms with Gasteiger partial charge in [-0.05, 0) is 43.4 Å². The van der Waals surface area contributed by atoms with Crippen molar-refractivity contribution in [2.24, 2.45) is 17.8 Å². The first kappa shape index (κ1) is 7.91. The highest BCUT2D eigenvalue weighted by Crippen LogP contribution is 2.58. The van der Waals surface area contributed by atoms with Crippen LogP contribution in [0.25, 0.3) is 0 Å². The summed E-state index contributed by atoms with van der Waals surface area (Å²) < 4.78 is 0. The van der Waals surface area contributed by atoms with E-state index in [0.717, 1.165) is 17.8 Å². The van der Waals surface area contributed by atoms with Crippen molar-refractivity contribution in [1.29, 1.82) is 0 Å². The lowest BCUT2D eigenvalue weighted by Crippen LogP contribution is -2.06. The van der Waals surface area contributed by atoms with Crippen LogP contribution in [0.1, 0.15) is 39.5 Å². The van der Waals surface area contributed by atoms with Crippen LogP contribution in [0.4, 0.5) is 0 Å². The van der Waals surface area contributed by atoms with Crippen molar-refractivity contribution >= 4 is 11.6 Å². The largest absolute Gasteiger partial charge is 0.119 e. The molecule has 4 atom stereocenters. The smallest absolute Gasteiger partial charge is 0.0479 e. The lowest BCUT2D eigenvalue weighted by Gasteiger charge is -2.16. The first-order chi connectivity index (χ1) is 5.12. The molecule has 0 saturated heterocycles. The van der Waals surface area contributed by atoms with Crippen molar-refractivity contribution in [2.75, 3.05) is 0 Å². The third kappa shape index (κ3) is 1.30. The molecule has 64 valence electrons. The summed E-state index contributed by atoms with van der Waals surface area (Å²) in [6.45, 7) is 4.75. The Morgan fingerprint density at radius 3 is 2.73 bits per heavy atom. The zero-order valence-corrected chi connectivity index (χ0v) is 8.19. The molecule has 0 heterocycles. The average molecular weight is 173 g/mol. The van der Waals surface area contributed by atoms with Crippen molar-refractivity contribution < 1.29 is 0 Å². The van der Waals surface area contributed by atoms with E-state index < -0.39 is 0 Å². The van der Waals surface area contributed by atoms with Gasteiger partial charge in [-0.25, -0.2) is 0 Å². The van der Waals surface area contributed by atoms with E-state index in [1.807, 2.05) is 0 Å².